The number of nitrogens with one attached hydrogen (secondary N) is 1. The average Bonchev–Trinajstić information content (AvgIpc) is 3.25. The van der Waals surface area contributed by atoms with Crippen LogP contribution in [0, 0.1) is 18.3 Å². The molecule has 2 heterocycles. The first kappa shape index (κ1) is 26.3. The van der Waals surface area contributed by atoms with Crippen molar-refractivity contribution in [3.8, 4) is 11.4 Å². The molecule has 0 saturated carbocycles. The highest BCUT2D eigenvalue weighted by Crippen LogP contribution is 2.35. The van der Waals surface area contributed by atoms with Gasteiger partial charge in [0.1, 0.15) is 11.8 Å². The SMILES string of the molecule is COc1cc(/C(N)=C/NC2CC(C(C)(C)C)CCN(Cc3ccccc3)C2=O)ccc1-n1cnc(C)c1. The van der Waals surface area contributed by atoms with E-state index in [9.17, 15) is 4.79 Å². The van der Waals surface area contributed by atoms with Gasteiger partial charge < -0.3 is 25.3 Å². The number of ether oxygens (including phenoxy) is 1. The first-order chi connectivity index (χ1) is 17.7. The maximum absolute atomic E-state index is 13.6. The number of hydrogen-bond donors (Lipinski definition) is 2. The van der Waals surface area contributed by atoms with E-state index in [0.29, 0.717) is 23.9 Å². The van der Waals surface area contributed by atoms with Gasteiger partial charge in [0.2, 0.25) is 5.91 Å². The Morgan fingerprint density at radius 2 is 1.97 bits per heavy atom. The molecule has 0 radical (unpaired) electrons. The number of benzene rings is 2. The Bertz CT molecular complexity index is 1240. The number of hydrogen-bond acceptors (Lipinski definition) is 5. The highest BCUT2D eigenvalue weighted by Gasteiger charge is 2.35. The van der Waals surface area contributed by atoms with Gasteiger partial charge in [-0.25, -0.2) is 4.98 Å². The molecule has 0 aliphatic carbocycles. The second kappa shape index (κ2) is 11.1. The molecule has 2 aromatic carbocycles. The van der Waals surface area contributed by atoms with Crippen molar-refractivity contribution < 1.29 is 9.53 Å². The molecule has 7 heteroatoms. The molecule has 37 heavy (non-hydrogen) atoms. The van der Waals surface area contributed by atoms with E-state index in [-0.39, 0.29) is 17.4 Å². The van der Waals surface area contributed by atoms with Crippen molar-refractivity contribution in [2.45, 2.75) is 53.1 Å². The van der Waals surface area contributed by atoms with Crippen molar-refractivity contribution >= 4 is 11.6 Å². The highest BCUT2D eigenvalue weighted by atomic mass is 16.5. The Morgan fingerprint density at radius 1 is 1.22 bits per heavy atom. The summed E-state index contributed by atoms with van der Waals surface area (Å²) in [6, 6.07) is 15.7. The predicted molar refractivity (Wildman–Crippen MR) is 148 cm³/mol. The lowest BCUT2D eigenvalue weighted by Crippen LogP contribution is -2.44. The predicted octanol–water partition coefficient (Wildman–Crippen LogP) is 4.89. The van der Waals surface area contributed by atoms with Crippen LogP contribution in [-0.2, 0) is 11.3 Å². The van der Waals surface area contributed by atoms with Crippen molar-refractivity contribution in [3.05, 3.63) is 84.1 Å². The van der Waals surface area contributed by atoms with Crippen LogP contribution < -0.4 is 15.8 Å². The maximum atomic E-state index is 13.6. The Morgan fingerprint density at radius 3 is 2.62 bits per heavy atom. The molecule has 1 amide bonds. The van der Waals surface area contributed by atoms with Gasteiger partial charge in [-0.05, 0) is 48.8 Å². The van der Waals surface area contributed by atoms with Crippen LogP contribution in [-0.4, -0.2) is 40.1 Å². The van der Waals surface area contributed by atoms with Crippen LogP contribution in [0.3, 0.4) is 0 Å². The average molecular weight is 502 g/mol. The molecule has 2 atom stereocenters. The summed E-state index contributed by atoms with van der Waals surface area (Å²) in [5.41, 5.74) is 10.9. The molecule has 3 aromatic rings. The van der Waals surface area contributed by atoms with Gasteiger partial charge in [0.25, 0.3) is 0 Å². The number of nitrogens with two attached hydrogens (primary N) is 1. The van der Waals surface area contributed by atoms with Crippen LogP contribution in [0.1, 0.15) is 50.4 Å². The van der Waals surface area contributed by atoms with E-state index in [1.807, 2.05) is 59.0 Å². The summed E-state index contributed by atoms with van der Waals surface area (Å²) in [6.07, 6.45) is 7.22. The molecule has 1 aliphatic heterocycles. The number of rotatable bonds is 7. The van der Waals surface area contributed by atoms with E-state index in [4.69, 9.17) is 10.5 Å². The van der Waals surface area contributed by atoms with Crippen LogP contribution in [0.5, 0.6) is 5.75 Å². The number of aryl methyl sites for hydroxylation is 1. The minimum Gasteiger partial charge on any atom is -0.495 e. The molecule has 0 spiro atoms. The topological polar surface area (TPSA) is 85.4 Å². The Kier molecular flexibility index (Phi) is 7.91. The minimum absolute atomic E-state index is 0.104. The molecular formula is C30H39N5O2. The van der Waals surface area contributed by atoms with E-state index >= 15 is 0 Å². The normalized spacial score (nSPS) is 19.0. The van der Waals surface area contributed by atoms with Gasteiger partial charge in [-0.15, -0.1) is 0 Å². The molecule has 4 rings (SSSR count). The maximum Gasteiger partial charge on any atom is 0.245 e. The summed E-state index contributed by atoms with van der Waals surface area (Å²) in [6.45, 7) is 10.1. The van der Waals surface area contributed by atoms with E-state index < -0.39 is 0 Å². The molecule has 1 fully saturated rings. The first-order valence-corrected chi connectivity index (χ1v) is 12.9. The van der Waals surface area contributed by atoms with Gasteiger partial charge in [0.15, 0.2) is 0 Å². The van der Waals surface area contributed by atoms with E-state index in [0.717, 1.165) is 41.9 Å². The van der Waals surface area contributed by atoms with Crippen molar-refractivity contribution in [1.29, 1.82) is 0 Å². The molecule has 1 aliphatic rings. The zero-order valence-electron chi connectivity index (χ0n) is 22.6. The van der Waals surface area contributed by atoms with E-state index in [2.05, 4.69) is 43.2 Å². The second-order valence-corrected chi connectivity index (χ2v) is 11.0. The molecule has 2 unspecified atom stereocenters. The number of nitrogens with zero attached hydrogens (tertiary/aromatic N) is 3. The van der Waals surface area contributed by atoms with Crippen LogP contribution in [0.4, 0.5) is 0 Å². The number of carbonyl (C=O) groups is 1. The Balaban J connectivity index is 1.55. The number of methoxy groups -OCH3 is 1. The van der Waals surface area contributed by atoms with E-state index in [1.54, 1.807) is 19.6 Å². The third-order valence-electron chi connectivity index (χ3n) is 7.26. The zero-order chi connectivity index (χ0) is 26.6. The standard InChI is InChI=1S/C30H39N5O2/c1-21-18-35(20-33-21)27-12-11-23(15-28(27)37-5)25(31)17-32-26-16-24(30(2,3)4)13-14-34(29(26)36)19-22-9-7-6-8-10-22/h6-12,15,17-18,20,24,26,32H,13-14,16,19,31H2,1-5H3/b25-17-. The van der Waals surface area contributed by atoms with Crippen molar-refractivity contribution in [2.75, 3.05) is 13.7 Å². The third kappa shape index (κ3) is 6.34. The monoisotopic (exact) mass is 501 g/mol. The van der Waals surface area contributed by atoms with Gasteiger partial charge in [0, 0.05) is 31.0 Å². The van der Waals surface area contributed by atoms with Crippen LogP contribution in [0.25, 0.3) is 11.4 Å². The summed E-state index contributed by atoms with van der Waals surface area (Å²) in [7, 11) is 1.64. The fourth-order valence-electron chi connectivity index (χ4n) is 4.93. The molecule has 3 N–H and O–H groups in total. The third-order valence-corrected chi connectivity index (χ3v) is 7.26. The Hall–Kier alpha value is -3.74. The van der Waals surface area contributed by atoms with Crippen LogP contribution in [0.15, 0.2) is 67.3 Å². The summed E-state index contributed by atoms with van der Waals surface area (Å²) in [4.78, 5) is 19.9. The van der Waals surface area contributed by atoms with Gasteiger partial charge >= 0.3 is 0 Å². The summed E-state index contributed by atoms with van der Waals surface area (Å²) in [5, 5.41) is 3.38. The largest absolute Gasteiger partial charge is 0.495 e. The van der Waals surface area contributed by atoms with Gasteiger partial charge in [-0.3, -0.25) is 4.79 Å². The highest BCUT2D eigenvalue weighted by molar-refractivity contribution is 5.82. The van der Waals surface area contributed by atoms with Gasteiger partial charge in [-0.1, -0.05) is 57.2 Å². The van der Waals surface area contributed by atoms with Gasteiger partial charge in [-0.2, -0.15) is 0 Å². The van der Waals surface area contributed by atoms with E-state index in [1.165, 1.54) is 0 Å². The van der Waals surface area contributed by atoms with Crippen LogP contribution in [0.2, 0.25) is 0 Å². The molecular weight excluding hydrogens is 462 g/mol. The fourth-order valence-corrected chi connectivity index (χ4v) is 4.93. The summed E-state index contributed by atoms with van der Waals surface area (Å²) < 4.78 is 7.56. The van der Waals surface area contributed by atoms with Crippen molar-refractivity contribution in [3.63, 3.8) is 0 Å². The van der Waals surface area contributed by atoms with Crippen molar-refractivity contribution in [2.24, 2.45) is 17.1 Å². The summed E-state index contributed by atoms with van der Waals surface area (Å²) >= 11 is 0. The number of amides is 1. The number of imidazole rings is 1. The zero-order valence-corrected chi connectivity index (χ0v) is 22.6. The number of likely N-dealkylation sites (tertiary alicyclic amines) is 1. The first-order valence-electron chi connectivity index (χ1n) is 12.9. The Labute approximate surface area is 220 Å². The molecule has 0 bridgehead atoms. The lowest BCUT2D eigenvalue weighted by atomic mass is 9.76. The quantitative estimate of drug-likeness (QED) is 0.482. The summed E-state index contributed by atoms with van der Waals surface area (Å²) in [5.74, 6) is 1.21. The number of carbonyl (C=O) groups excluding carboxylic acids is 1. The molecule has 7 nitrogen and oxygen atoms in total. The van der Waals surface area contributed by atoms with Gasteiger partial charge in [0.05, 0.1) is 30.5 Å². The van der Waals surface area contributed by atoms with Crippen molar-refractivity contribution in [1.82, 2.24) is 19.8 Å². The smallest absolute Gasteiger partial charge is 0.245 e. The lowest BCUT2D eigenvalue weighted by Gasteiger charge is -2.31. The second-order valence-electron chi connectivity index (χ2n) is 11.0. The van der Waals surface area contributed by atoms with Crippen LogP contribution >= 0.6 is 0 Å². The molecule has 196 valence electrons. The minimum atomic E-state index is -0.343. The fraction of sp³-hybridized carbons (Fsp3) is 0.400. The lowest BCUT2D eigenvalue weighted by molar-refractivity contribution is -0.133. The molecule has 1 aromatic heterocycles. The number of aromatic nitrogens is 2. The molecule has 1 saturated heterocycles.